The van der Waals surface area contributed by atoms with Crippen LogP contribution < -0.4 is 5.73 Å². The van der Waals surface area contributed by atoms with Crippen molar-refractivity contribution in [2.24, 2.45) is 11.1 Å². The Hall–Kier alpha value is -0.430. The summed E-state index contributed by atoms with van der Waals surface area (Å²) in [5, 5.41) is 0. The van der Waals surface area contributed by atoms with Gasteiger partial charge in [-0.3, -0.25) is 0 Å². The molecule has 1 fully saturated rings. The Morgan fingerprint density at radius 1 is 1.38 bits per heavy atom. The molecule has 0 saturated heterocycles. The minimum atomic E-state index is -3.41. The molecule has 0 spiro atoms. The van der Waals surface area contributed by atoms with E-state index in [-0.39, 0.29) is 6.04 Å². The molecule has 0 radical (unpaired) electrons. The zero-order chi connectivity index (χ0) is 15.8. The van der Waals surface area contributed by atoms with Gasteiger partial charge in [-0.15, -0.1) is 11.3 Å². The maximum Gasteiger partial charge on any atom is 0.244 e. The van der Waals surface area contributed by atoms with Crippen molar-refractivity contribution in [3.05, 3.63) is 15.8 Å². The summed E-state index contributed by atoms with van der Waals surface area (Å²) in [6.07, 6.45) is 4.04. The third kappa shape index (κ3) is 3.50. The summed E-state index contributed by atoms with van der Waals surface area (Å²) in [6, 6.07) is 1.85. The smallest absolute Gasteiger partial charge is 0.244 e. The van der Waals surface area contributed by atoms with Crippen molar-refractivity contribution in [2.45, 2.75) is 63.9 Å². The number of rotatable bonds is 4. The summed E-state index contributed by atoms with van der Waals surface area (Å²) in [6.45, 7) is 6.76. The van der Waals surface area contributed by atoms with Crippen LogP contribution in [0.25, 0.3) is 0 Å². The van der Waals surface area contributed by atoms with E-state index in [1.807, 2.05) is 6.92 Å². The molecule has 1 heterocycles. The molecular weight excluding hydrogens is 304 g/mol. The molecule has 0 amide bonds. The second-order valence-electron chi connectivity index (χ2n) is 6.75. The predicted octanol–water partition coefficient (Wildman–Crippen LogP) is 3.10. The second-order valence-corrected chi connectivity index (χ2v) is 10.1. The fourth-order valence-electron chi connectivity index (χ4n) is 2.98. The quantitative estimate of drug-likeness (QED) is 0.922. The van der Waals surface area contributed by atoms with Gasteiger partial charge in [0, 0.05) is 29.4 Å². The van der Waals surface area contributed by atoms with E-state index in [1.54, 1.807) is 17.4 Å². The van der Waals surface area contributed by atoms with Crippen molar-refractivity contribution in [1.82, 2.24) is 4.31 Å². The van der Waals surface area contributed by atoms with E-state index in [9.17, 15) is 8.42 Å². The minimum absolute atomic E-state index is 0.114. The zero-order valence-electron chi connectivity index (χ0n) is 13.3. The van der Waals surface area contributed by atoms with Gasteiger partial charge in [-0.1, -0.05) is 13.8 Å². The predicted molar refractivity (Wildman–Crippen MR) is 87.9 cm³/mol. The molecule has 1 aliphatic carbocycles. The van der Waals surface area contributed by atoms with Gasteiger partial charge in [0.1, 0.15) is 0 Å². The fourth-order valence-corrected chi connectivity index (χ4v) is 5.88. The van der Waals surface area contributed by atoms with Crippen LogP contribution in [-0.2, 0) is 16.6 Å². The molecule has 4 nitrogen and oxygen atoms in total. The molecule has 0 aromatic carbocycles. The molecule has 2 rings (SSSR count). The van der Waals surface area contributed by atoms with Crippen molar-refractivity contribution >= 4 is 21.4 Å². The second kappa shape index (κ2) is 5.99. The van der Waals surface area contributed by atoms with Crippen LogP contribution in [0.4, 0.5) is 0 Å². The molecule has 0 unspecified atom stereocenters. The SMILES string of the molecule is Cc1sc(CN)cc1S(=O)(=O)N(C)C1CCC(C)(C)CC1. The first-order valence-electron chi connectivity index (χ1n) is 7.45. The van der Waals surface area contributed by atoms with Gasteiger partial charge >= 0.3 is 0 Å². The Balaban J connectivity index is 2.21. The Morgan fingerprint density at radius 2 is 1.95 bits per heavy atom. The van der Waals surface area contributed by atoms with Gasteiger partial charge in [-0.2, -0.15) is 4.31 Å². The van der Waals surface area contributed by atoms with Crippen LogP contribution in [0.15, 0.2) is 11.0 Å². The van der Waals surface area contributed by atoms with Gasteiger partial charge in [-0.05, 0) is 44.1 Å². The Labute approximate surface area is 132 Å². The van der Waals surface area contributed by atoms with E-state index in [0.717, 1.165) is 35.4 Å². The van der Waals surface area contributed by atoms with Gasteiger partial charge in [-0.25, -0.2) is 8.42 Å². The number of hydrogen-bond acceptors (Lipinski definition) is 4. The maximum atomic E-state index is 12.8. The van der Waals surface area contributed by atoms with E-state index in [4.69, 9.17) is 5.73 Å². The first-order valence-corrected chi connectivity index (χ1v) is 9.70. The molecule has 1 saturated carbocycles. The van der Waals surface area contributed by atoms with Gasteiger partial charge in [0.15, 0.2) is 0 Å². The first-order chi connectivity index (χ1) is 9.67. The van der Waals surface area contributed by atoms with Crippen LogP contribution >= 0.6 is 11.3 Å². The van der Waals surface area contributed by atoms with Crippen molar-refractivity contribution in [3.63, 3.8) is 0 Å². The van der Waals surface area contributed by atoms with E-state index < -0.39 is 10.0 Å². The topological polar surface area (TPSA) is 63.4 Å². The molecule has 120 valence electrons. The van der Waals surface area contributed by atoms with Crippen LogP contribution in [0.1, 0.15) is 49.3 Å². The van der Waals surface area contributed by atoms with Crippen LogP contribution in [0.3, 0.4) is 0 Å². The lowest BCUT2D eigenvalue weighted by Crippen LogP contribution is -2.40. The standard InChI is InChI=1S/C15H26N2O2S2/c1-11-14(9-13(10-16)20-11)21(18,19)17(4)12-5-7-15(2,3)8-6-12/h9,12H,5-8,10,16H2,1-4H3. The van der Waals surface area contributed by atoms with Crippen molar-refractivity contribution in [2.75, 3.05) is 7.05 Å². The highest BCUT2D eigenvalue weighted by Gasteiger charge is 2.35. The number of sulfonamides is 1. The molecule has 0 aliphatic heterocycles. The lowest BCUT2D eigenvalue weighted by molar-refractivity contribution is 0.174. The highest BCUT2D eigenvalue weighted by atomic mass is 32.2. The van der Waals surface area contributed by atoms with Crippen molar-refractivity contribution < 1.29 is 8.42 Å². The normalized spacial score (nSPS) is 20.1. The highest BCUT2D eigenvalue weighted by molar-refractivity contribution is 7.89. The zero-order valence-corrected chi connectivity index (χ0v) is 15.0. The molecule has 1 aliphatic rings. The number of hydrogen-bond donors (Lipinski definition) is 1. The van der Waals surface area contributed by atoms with Crippen LogP contribution in [-0.4, -0.2) is 25.8 Å². The van der Waals surface area contributed by atoms with Gasteiger partial charge in [0.05, 0.1) is 4.90 Å². The summed E-state index contributed by atoms with van der Waals surface area (Å²) in [4.78, 5) is 2.18. The third-order valence-electron chi connectivity index (χ3n) is 4.60. The summed E-state index contributed by atoms with van der Waals surface area (Å²) in [5.74, 6) is 0. The molecule has 1 aromatic heterocycles. The molecule has 1 aromatic rings. The average Bonchev–Trinajstić information content (AvgIpc) is 2.80. The lowest BCUT2D eigenvalue weighted by atomic mass is 9.76. The Morgan fingerprint density at radius 3 is 2.43 bits per heavy atom. The highest BCUT2D eigenvalue weighted by Crippen LogP contribution is 2.38. The number of thiophene rings is 1. The summed E-state index contributed by atoms with van der Waals surface area (Å²) in [7, 11) is -1.69. The molecule has 2 N–H and O–H groups in total. The minimum Gasteiger partial charge on any atom is -0.326 e. The third-order valence-corrected chi connectivity index (χ3v) is 7.84. The number of nitrogens with zero attached hydrogens (tertiary/aromatic N) is 1. The van der Waals surface area contributed by atoms with Crippen LogP contribution in [0.2, 0.25) is 0 Å². The molecule has 21 heavy (non-hydrogen) atoms. The molecular formula is C15H26N2O2S2. The molecule has 0 atom stereocenters. The summed E-state index contributed by atoms with van der Waals surface area (Å²) in [5.41, 5.74) is 5.97. The summed E-state index contributed by atoms with van der Waals surface area (Å²) >= 11 is 1.47. The maximum absolute atomic E-state index is 12.8. The fraction of sp³-hybridized carbons (Fsp3) is 0.733. The Kier molecular flexibility index (Phi) is 4.83. The van der Waals surface area contributed by atoms with Gasteiger partial charge in [0.25, 0.3) is 0 Å². The number of nitrogens with two attached hydrogens (primary N) is 1. The van der Waals surface area contributed by atoms with Crippen LogP contribution in [0.5, 0.6) is 0 Å². The Bertz CT molecular complexity index is 595. The van der Waals surface area contributed by atoms with Crippen molar-refractivity contribution in [1.29, 1.82) is 0 Å². The van der Waals surface area contributed by atoms with E-state index in [2.05, 4.69) is 13.8 Å². The van der Waals surface area contributed by atoms with Crippen LogP contribution in [0, 0.1) is 12.3 Å². The van der Waals surface area contributed by atoms with Gasteiger partial charge < -0.3 is 5.73 Å². The monoisotopic (exact) mass is 330 g/mol. The summed E-state index contributed by atoms with van der Waals surface area (Å²) < 4.78 is 27.3. The number of aryl methyl sites for hydroxylation is 1. The van der Waals surface area contributed by atoms with E-state index in [0.29, 0.717) is 16.9 Å². The van der Waals surface area contributed by atoms with Crippen molar-refractivity contribution in [3.8, 4) is 0 Å². The molecule has 6 heteroatoms. The van der Waals surface area contributed by atoms with E-state index >= 15 is 0 Å². The van der Waals surface area contributed by atoms with Gasteiger partial charge in [0.2, 0.25) is 10.0 Å². The average molecular weight is 331 g/mol. The first kappa shape index (κ1) is 16.9. The molecule has 0 bridgehead atoms. The lowest BCUT2D eigenvalue weighted by Gasteiger charge is -2.38. The van der Waals surface area contributed by atoms with E-state index in [1.165, 1.54) is 11.3 Å². The largest absolute Gasteiger partial charge is 0.326 e.